The van der Waals surface area contributed by atoms with E-state index in [1.54, 1.807) is 7.11 Å². The number of ether oxygens (including phenoxy) is 1. The molecule has 14 heavy (non-hydrogen) atoms. The zero-order chi connectivity index (χ0) is 10.1. The second-order valence-electron chi connectivity index (χ2n) is 3.11. The zero-order valence-electron chi connectivity index (χ0n) is 8.04. The highest BCUT2D eigenvalue weighted by Gasteiger charge is 2.05. The van der Waals surface area contributed by atoms with Crippen molar-refractivity contribution in [3.8, 4) is 5.75 Å². The third-order valence-corrected chi connectivity index (χ3v) is 2.74. The molecule has 3 heteroatoms. The highest BCUT2D eigenvalue weighted by Crippen LogP contribution is 2.29. The van der Waals surface area contributed by atoms with E-state index in [0.717, 1.165) is 26.8 Å². The van der Waals surface area contributed by atoms with Crippen molar-refractivity contribution in [3.05, 3.63) is 34.6 Å². The molecule has 0 spiro atoms. The van der Waals surface area contributed by atoms with Crippen LogP contribution in [-0.4, -0.2) is 12.1 Å². The van der Waals surface area contributed by atoms with E-state index in [2.05, 4.69) is 20.9 Å². The number of aromatic nitrogens is 1. The van der Waals surface area contributed by atoms with Crippen LogP contribution in [0.1, 0.15) is 5.69 Å². The van der Waals surface area contributed by atoms with Crippen molar-refractivity contribution in [2.45, 2.75) is 6.92 Å². The molecular formula is C11H10BrNO. The first-order valence-corrected chi connectivity index (χ1v) is 5.11. The van der Waals surface area contributed by atoms with Gasteiger partial charge in [0.05, 0.1) is 7.11 Å². The fraction of sp³-hybridized carbons (Fsp3) is 0.182. The minimum Gasteiger partial charge on any atom is -0.496 e. The average Bonchev–Trinajstić information content (AvgIpc) is 2.17. The van der Waals surface area contributed by atoms with Gasteiger partial charge in [0, 0.05) is 16.5 Å². The number of hydrogen-bond donors (Lipinski definition) is 0. The van der Waals surface area contributed by atoms with Crippen LogP contribution >= 0.6 is 15.9 Å². The molecule has 0 unspecified atom stereocenters. The first-order valence-electron chi connectivity index (χ1n) is 4.32. The van der Waals surface area contributed by atoms with E-state index in [-0.39, 0.29) is 0 Å². The SMILES string of the molecule is COc1cccc2c(Br)nc(C)cc12. The second-order valence-corrected chi connectivity index (χ2v) is 3.86. The maximum atomic E-state index is 5.29. The Morgan fingerprint density at radius 1 is 1.29 bits per heavy atom. The topological polar surface area (TPSA) is 22.1 Å². The van der Waals surface area contributed by atoms with Gasteiger partial charge in [-0.2, -0.15) is 0 Å². The Balaban J connectivity index is 2.86. The van der Waals surface area contributed by atoms with E-state index in [9.17, 15) is 0 Å². The molecule has 2 aromatic rings. The molecule has 1 aromatic heterocycles. The third-order valence-electron chi connectivity index (χ3n) is 2.14. The van der Waals surface area contributed by atoms with Crippen LogP contribution in [0.15, 0.2) is 28.9 Å². The number of rotatable bonds is 1. The smallest absolute Gasteiger partial charge is 0.126 e. The van der Waals surface area contributed by atoms with Gasteiger partial charge in [0.25, 0.3) is 0 Å². The van der Waals surface area contributed by atoms with Crippen molar-refractivity contribution in [2.24, 2.45) is 0 Å². The monoisotopic (exact) mass is 251 g/mol. The molecule has 0 amide bonds. The summed E-state index contributed by atoms with van der Waals surface area (Å²) < 4.78 is 6.16. The van der Waals surface area contributed by atoms with Gasteiger partial charge in [-0.05, 0) is 35.0 Å². The fourth-order valence-corrected chi connectivity index (χ4v) is 2.13. The Kier molecular flexibility index (Phi) is 2.42. The number of hydrogen-bond acceptors (Lipinski definition) is 2. The quantitative estimate of drug-likeness (QED) is 0.726. The van der Waals surface area contributed by atoms with Crippen molar-refractivity contribution in [1.29, 1.82) is 0 Å². The first-order chi connectivity index (χ1) is 6.72. The number of fused-ring (bicyclic) bond motifs is 1. The lowest BCUT2D eigenvalue weighted by molar-refractivity contribution is 0.420. The van der Waals surface area contributed by atoms with Crippen LogP contribution in [-0.2, 0) is 0 Å². The Hall–Kier alpha value is -1.09. The third kappa shape index (κ3) is 1.48. The molecule has 1 aromatic carbocycles. The Morgan fingerprint density at radius 3 is 2.79 bits per heavy atom. The molecule has 0 aliphatic heterocycles. The summed E-state index contributed by atoms with van der Waals surface area (Å²) in [6.45, 7) is 1.97. The molecule has 0 saturated heterocycles. The van der Waals surface area contributed by atoms with Crippen LogP contribution < -0.4 is 4.74 Å². The van der Waals surface area contributed by atoms with Crippen LogP contribution in [0.2, 0.25) is 0 Å². The molecule has 1 heterocycles. The molecule has 0 N–H and O–H groups in total. The van der Waals surface area contributed by atoms with Gasteiger partial charge in [0.1, 0.15) is 10.4 Å². The zero-order valence-corrected chi connectivity index (χ0v) is 9.63. The van der Waals surface area contributed by atoms with Gasteiger partial charge >= 0.3 is 0 Å². The molecule has 0 aliphatic carbocycles. The predicted octanol–water partition coefficient (Wildman–Crippen LogP) is 3.31. The van der Waals surface area contributed by atoms with Crippen LogP contribution in [0, 0.1) is 6.92 Å². The molecule has 2 rings (SSSR count). The van der Waals surface area contributed by atoms with Gasteiger partial charge < -0.3 is 4.74 Å². The highest BCUT2D eigenvalue weighted by atomic mass is 79.9. The van der Waals surface area contributed by atoms with E-state index < -0.39 is 0 Å². The van der Waals surface area contributed by atoms with Crippen molar-refractivity contribution in [1.82, 2.24) is 4.98 Å². The van der Waals surface area contributed by atoms with E-state index >= 15 is 0 Å². The molecule has 0 radical (unpaired) electrons. The number of pyridine rings is 1. The molecular weight excluding hydrogens is 242 g/mol. The average molecular weight is 252 g/mol. The summed E-state index contributed by atoms with van der Waals surface area (Å²) in [7, 11) is 1.68. The Morgan fingerprint density at radius 2 is 2.07 bits per heavy atom. The van der Waals surface area contributed by atoms with Crippen LogP contribution in [0.25, 0.3) is 10.8 Å². The molecule has 0 bridgehead atoms. The molecule has 0 saturated carbocycles. The van der Waals surface area contributed by atoms with Crippen LogP contribution in [0.4, 0.5) is 0 Å². The fourth-order valence-electron chi connectivity index (χ4n) is 1.51. The first kappa shape index (κ1) is 9.46. The van der Waals surface area contributed by atoms with Crippen molar-refractivity contribution in [2.75, 3.05) is 7.11 Å². The molecule has 0 fully saturated rings. The van der Waals surface area contributed by atoms with E-state index in [0.29, 0.717) is 0 Å². The number of methoxy groups -OCH3 is 1. The van der Waals surface area contributed by atoms with Gasteiger partial charge in [-0.25, -0.2) is 4.98 Å². The maximum absolute atomic E-state index is 5.29. The highest BCUT2D eigenvalue weighted by molar-refractivity contribution is 9.10. The minimum absolute atomic E-state index is 0.867. The lowest BCUT2D eigenvalue weighted by Gasteiger charge is -2.06. The minimum atomic E-state index is 0.867. The summed E-state index contributed by atoms with van der Waals surface area (Å²) in [6.07, 6.45) is 0. The summed E-state index contributed by atoms with van der Waals surface area (Å²) in [6, 6.07) is 7.96. The molecule has 0 atom stereocenters. The number of halogens is 1. The number of nitrogens with zero attached hydrogens (tertiary/aromatic N) is 1. The van der Waals surface area contributed by atoms with Crippen molar-refractivity contribution < 1.29 is 4.74 Å². The Bertz CT molecular complexity index is 482. The lowest BCUT2D eigenvalue weighted by Crippen LogP contribution is -1.89. The van der Waals surface area contributed by atoms with Crippen LogP contribution in [0.3, 0.4) is 0 Å². The van der Waals surface area contributed by atoms with E-state index in [4.69, 9.17) is 4.74 Å². The van der Waals surface area contributed by atoms with Crippen molar-refractivity contribution >= 4 is 26.7 Å². The van der Waals surface area contributed by atoms with Crippen LogP contribution in [0.5, 0.6) is 5.75 Å². The Labute approximate surface area is 91.0 Å². The number of aryl methyl sites for hydroxylation is 1. The molecule has 72 valence electrons. The summed E-state index contributed by atoms with van der Waals surface area (Å²) in [5.74, 6) is 0.883. The van der Waals surface area contributed by atoms with Gasteiger partial charge in [0.2, 0.25) is 0 Å². The summed E-state index contributed by atoms with van der Waals surface area (Å²) in [5.41, 5.74) is 0.980. The van der Waals surface area contributed by atoms with Gasteiger partial charge in [-0.1, -0.05) is 12.1 Å². The van der Waals surface area contributed by atoms with E-state index in [1.165, 1.54) is 0 Å². The van der Waals surface area contributed by atoms with E-state index in [1.807, 2.05) is 31.2 Å². The van der Waals surface area contributed by atoms with Gasteiger partial charge in [0.15, 0.2) is 0 Å². The van der Waals surface area contributed by atoms with Gasteiger partial charge in [-0.3, -0.25) is 0 Å². The number of benzene rings is 1. The second kappa shape index (κ2) is 3.58. The van der Waals surface area contributed by atoms with Crippen molar-refractivity contribution in [3.63, 3.8) is 0 Å². The summed E-state index contributed by atoms with van der Waals surface area (Å²) in [4.78, 5) is 4.34. The predicted molar refractivity (Wildman–Crippen MR) is 60.7 cm³/mol. The molecule has 0 aliphatic rings. The van der Waals surface area contributed by atoms with Gasteiger partial charge in [-0.15, -0.1) is 0 Å². The molecule has 2 nitrogen and oxygen atoms in total. The largest absolute Gasteiger partial charge is 0.496 e. The normalized spacial score (nSPS) is 10.5. The standard InChI is InChI=1S/C11H10BrNO/c1-7-6-9-8(11(12)13-7)4-3-5-10(9)14-2/h3-6H,1-2H3. The summed E-state index contributed by atoms with van der Waals surface area (Å²) >= 11 is 3.44. The maximum Gasteiger partial charge on any atom is 0.126 e. The summed E-state index contributed by atoms with van der Waals surface area (Å²) in [5, 5.41) is 2.17. The lowest BCUT2D eigenvalue weighted by atomic mass is 10.1.